The van der Waals surface area contributed by atoms with Crippen LogP contribution in [-0.4, -0.2) is 26.9 Å². The van der Waals surface area contributed by atoms with E-state index in [1.165, 1.54) is 22.5 Å². The molecule has 25 heavy (non-hydrogen) atoms. The molecule has 2 aromatic heterocycles. The fourth-order valence-electron chi connectivity index (χ4n) is 2.74. The molecule has 4 nitrogen and oxygen atoms in total. The van der Waals surface area contributed by atoms with Crippen LogP contribution >= 0.6 is 11.3 Å². The Morgan fingerprint density at radius 3 is 2.96 bits per heavy atom. The van der Waals surface area contributed by atoms with Gasteiger partial charge < -0.3 is 9.47 Å². The molecular weight excluding hydrogens is 330 g/mol. The topological polar surface area (TPSA) is 38.1 Å². The lowest BCUT2D eigenvalue weighted by atomic mass is 10.1. The maximum Gasteiger partial charge on any atom is 0.264 e. The molecule has 0 saturated carbocycles. The first-order valence-electron chi connectivity index (χ1n) is 8.16. The number of thiophene rings is 1. The smallest absolute Gasteiger partial charge is 0.264 e. The van der Waals surface area contributed by atoms with Crippen molar-refractivity contribution in [3.63, 3.8) is 0 Å². The van der Waals surface area contributed by atoms with Crippen LogP contribution < -0.4 is 0 Å². The molecule has 0 fully saturated rings. The van der Waals surface area contributed by atoms with Crippen molar-refractivity contribution < 1.29 is 4.79 Å². The van der Waals surface area contributed by atoms with Gasteiger partial charge in [-0.2, -0.15) is 0 Å². The predicted molar refractivity (Wildman–Crippen MR) is 102 cm³/mol. The van der Waals surface area contributed by atoms with Crippen molar-refractivity contribution in [2.75, 3.05) is 6.54 Å². The average Bonchev–Trinajstić information content (AvgIpc) is 3.26. The minimum Gasteiger partial charge on any atom is -0.329 e. The van der Waals surface area contributed by atoms with E-state index in [9.17, 15) is 4.79 Å². The third-order valence-electron chi connectivity index (χ3n) is 3.94. The standard InChI is InChI=1S/C20H21N3OS/c1-3-10-23(20(24)18-8-5-12-25-18)15-19-21-9-11-22(19)14-17-7-4-6-16(2)13-17/h3-9,11-13H,1,10,14-15H2,2H3. The molecule has 5 heteroatoms. The summed E-state index contributed by atoms with van der Waals surface area (Å²) in [6.45, 7) is 7.56. The molecule has 0 N–H and O–H groups in total. The molecule has 0 aliphatic rings. The van der Waals surface area contributed by atoms with Crippen molar-refractivity contribution in [1.82, 2.24) is 14.5 Å². The number of carbonyl (C=O) groups excluding carboxylic acids is 1. The Morgan fingerprint density at radius 2 is 2.24 bits per heavy atom. The van der Waals surface area contributed by atoms with E-state index in [-0.39, 0.29) is 5.91 Å². The van der Waals surface area contributed by atoms with Gasteiger partial charge in [0.1, 0.15) is 5.82 Å². The summed E-state index contributed by atoms with van der Waals surface area (Å²) in [4.78, 5) is 19.7. The number of benzene rings is 1. The Balaban J connectivity index is 1.78. The van der Waals surface area contributed by atoms with Crippen molar-refractivity contribution in [1.29, 1.82) is 0 Å². The van der Waals surface area contributed by atoms with Crippen molar-refractivity contribution in [3.8, 4) is 0 Å². The number of aromatic nitrogens is 2. The summed E-state index contributed by atoms with van der Waals surface area (Å²) in [5, 5.41) is 1.91. The van der Waals surface area contributed by atoms with E-state index in [1.807, 2.05) is 23.7 Å². The van der Waals surface area contributed by atoms with Crippen LogP contribution in [0.15, 0.2) is 66.8 Å². The average molecular weight is 351 g/mol. The van der Waals surface area contributed by atoms with Gasteiger partial charge in [0.25, 0.3) is 5.91 Å². The molecule has 2 heterocycles. The van der Waals surface area contributed by atoms with E-state index >= 15 is 0 Å². The van der Waals surface area contributed by atoms with Crippen molar-refractivity contribution in [2.45, 2.75) is 20.0 Å². The molecule has 3 aromatic rings. The minimum absolute atomic E-state index is 0.0139. The lowest BCUT2D eigenvalue weighted by molar-refractivity contribution is 0.0762. The Labute approximate surface area is 152 Å². The van der Waals surface area contributed by atoms with Crippen LogP contribution in [0, 0.1) is 6.92 Å². The van der Waals surface area contributed by atoms with Crippen LogP contribution in [0.3, 0.4) is 0 Å². The number of carbonyl (C=O) groups is 1. The molecular formula is C20H21N3OS. The van der Waals surface area contributed by atoms with Crippen molar-refractivity contribution in [3.05, 3.63) is 88.7 Å². The van der Waals surface area contributed by atoms with Gasteiger partial charge in [-0.3, -0.25) is 4.79 Å². The van der Waals surface area contributed by atoms with Gasteiger partial charge in [-0.1, -0.05) is 42.0 Å². The molecule has 0 spiro atoms. The van der Waals surface area contributed by atoms with E-state index in [0.717, 1.165) is 17.2 Å². The highest BCUT2D eigenvalue weighted by molar-refractivity contribution is 7.12. The molecule has 0 bridgehead atoms. The van der Waals surface area contributed by atoms with E-state index in [0.29, 0.717) is 13.1 Å². The number of amides is 1. The molecule has 0 unspecified atom stereocenters. The molecule has 0 aliphatic heterocycles. The monoisotopic (exact) mass is 351 g/mol. The first-order chi connectivity index (χ1) is 12.2. The largest absolute Gasteiger partial charge is 0.329 e. The van der Waals surface area contributed by atoms with Gasteiger partial charge in [0.15, 0.2) is 0 Å². The van der Waals surface area contributed by atoms with Gasteiger partial charge in [0.05, 0.1) is 11.4 Å². The van der Waals surface area contributed by atoms with Crippen LogP contribution in [0.2, 0.25) is 0 Å². The summed E-state index contributed by atoms with van der Waals surface area (Å²) < 4.78 is 2.09. The fraction of sp³-hybridized carbons (Fsp3) is 0.200. The van der Waals surface area contributed by atoms with Gasteiger partial charge in [-0.25, -0.2) is 4.98 Å². The number of rotatable bonds is 7. The Morgan fingerprint density at radius 1 is 1.36 bits per heavy atom. The molecule has 3 rings (SSSR count). The third kappa shape index (κ3) is 4.25. The van der Waals surface area contributed by atoms with E-state index in [1.54, 1.807) is 17.2 Å². The first-order valence-corrected chi connectivity index (χ1v) is 9.04. The third-order valence-corrected chi connectivity index (χ3v) is 4.80. The Bertz CT molecular complexity index is 851. The van der Waals surface area contributed by atoms with Crippen LogP contribution in [0.5, 0.6) is 0 Å². The molecule has 0 saturated heterocycles. The van der Waals surface area contributed by atoms with Gasteiger partial charge in [0, 0.05) is 25.5 Å². The summed E-state index contributed by atoms with van der Waals surface area (Å²) in [6, 6.07) is 12.2. The van der Waals surface area contributed by atoms with Crippen molar-refractivity contribution >= 4 is 17.2 Å². The lowest BCUT2D eigenvalue weighted by Crippen LogP contribution is -2.31. The van der Waals surface area contributed by atoms with Crippen LogP contribution in [0.25, 0.3) is 0 Å². The van der Waals surface area contributed by atoms with Crippen molar-refractivity contribution in [2.24, 2.45) is 0 Å². The Hall–Kier alpha value is -2.66. The zero-order valence-electron chi connectivity index (χ0n) is 14.3. The maximum atomic E-state index is 12.7. The fourth-order valence-corrected chi connectivity index (χ4v) is 3.44. The molecule has 0 aliphatic carbocycles. The zero-order chi connectivity index (χ0) is 17.6. The van der Waals surface area contributed by atoms with Crippen LogP contribution in [-0.2, 0) is 13.1 Å². The lowest BCUT2D eigenvalue weighted by Gasteiger charge is -2.21. The predicted octanol–water partition coefficient (Wildman–Crippen LogP) is 4.13. The first kappa shape index (κ1) is 17.2. The van der Waals surface area contributed by atoms with Crippen LogP contribution in [0.1, 0.15) is 26.6 Å². The molecule has 128 valence electrons. The van der Waals surface area contributed by atoms with Gasteiger partial charge in [0.2, 0.25) is 0 Å². The van der Waals surface area contributed by atoms with E-state index < -0.39 is 0 Å². The summed E-state index contributed by atoms with van der Waals surface area (Å²) in [6.07, 6.45) is 5.49. The highest BCUT2D eigenvalue weighted by Gasteiger charge is 2.18. The normalized spacial score (nSPS) is 10.6. The zero-order valence-corrected chi connectivity index (χ0v) is 15.1. The number of imidazole rings is 1. The quantitative estimate of drug-likeness (QED) is 0.600. The Kier molecular flexibility index (Phi) is 5.46. The van der Waals surface area contributed by atoms with Gasteiger partial charge in [-0.05, 0) is 23.9 Å². The summed E-state index contributed by atoms with van der Waals surface area (Å²) in [7, 11) is 0. The number of nitrogens with zero attached hydrogens (tertiary/aromatic N) is 3. The second-order valence-electron chi connectivity index (χ2n) is 5.91. The second-order valence-corrected chi connectivity index (χ2v) is 6.86. The minimum atomic E-state index is 0.0139. The molecule has 1 amide bonds. The van der Waals surface area contributed by atoms with Gasteiger partial charge >= 0.3 is 0 Å². The van der Waals surface area contributed by atoms with E-state index in [2.05, 4.69) is 47.3 Å². The van der Waals surface area contributed by atoms with E-state index in [4.69, 9.17) is 0 Å². The molecule has 0 atom stereocenters. The molecule has 1 aromatic carbocycles. The summed E-state index contributed by atoms with van der Waals surface area (Å²) in [5.41, 5.74) is 2.46. The molecule has 0 radical (unpaired) electrons. The second kappa shape index (κ2) is 7.94. The maximum absolute atomic E-state index is 12.7. The number of hydrogen-bond donors (Lipinski definition) is 0. The number of aryl methyl sites for hydroxylation is 1. The number of hydrogen-bond acceptors (Lipinski definition) is 3. The SMILES string of the molecule is C=CCN(Cc1nccn1Cc1cccc(C)c1)C(=O)c1cccs1. The summed E-state index contributed by atoms with van der Waals surface area (Å²) >= 11 is 1.45. The summed E-state index contributed by atoms with van der Waals surface area (Å²) in [5.74, 6) is 0.883. The highest BCUT2D eigenvalue weighted by Crippen LogP contribution is 2.15. The van der Waals surface area contributed by atoms with Gasteiger partial charge in [-0.15, -0.1) is 17.9 Å². The van der Waals surface area contributed by atoms with Crippen LogP contribution in [0.4, 0.5) is 0 Å². The highest BCUT2D eigenvalue weighted by atomic mass is 32.1.